The molecule has 2 rings (SSSR count). The third kappa shape index (κ3) is 4.39. The Hall–Kier alpha value is -2.13. The smallest absolute Gasteiger partial charge is 0.237 e. The van der Waals surface area contributed by atoms with E-state index in [1.807, 2.05) is 42.5 Å². The molecule has 2 aromatic carbocycles. The van der Waals surface area contributed by atoms with Gasteiger partial charge in [0, 0.05) is 0 Å². The second-order valence-electron chi connectivity index (χ2n) is 2.94. The molecule has 0 aliphatic heterocycles. The maximum absolute atomic E-state index is 9.98. The summed E-state index contributed by atoms with van der Waals surface area (Å²) in [5.74, 6) is 0. The molecule has 0 bridgehead atoms. The van der Waals surface area contributed by atoms with Crippen molar-refractivity contribution in [1.29, 1.82) is 0 Å². The van der Waals surface area contributed by atoms with Gasteiger partial charge in [0.05, 0.1) is 5.69 Å². The van der Waals surface area contributed by atoms with E-state index in [1.54, 1.807) is 24.3 Å². The zero-order valence-corrected chi connectivity index (χ0v) is 8.73. The van der Waals surface area contributed by atoms with Crippen LogP contribution in [0.1, 0.15) is 0 Å². The van der Waals surface area contributed by atoms with E-state index in [9.17, 15) is 4.79 Å². The Labute approximate surface area is 94.5 Å². The molecule has 3 heteroatoms. The molecule has 2 aromatic rings. The van der Waals surface area contributed by atoms with E-state index < -0.39 is 0 Å². The van der Waals surface area contributed by atoms with Gasteiger partial charge in [-0.2, -0.15) is 5.06 Å². The summed E-state index contributed by atoms with van der Waals surface area (Å²) < 4.78 is 0. The van der Waals surface area contributed by atoms with Gasteiger partial charge in [-0.25, -0.2) is 0 Å². The fourth-order valence-electron chi connectivity index (χ4n) is 1.03. The minimum atomic E-state index is 0.343. The predicted octanol–water partition coefficient (Wildman–Crippen LogP) is 2.73. The minimum Gasteiger partial charge on any atom is -0.281 e. The third-order valence-corrected chi connectivity index (χ3v) is 1.79. The van der Waals surface area contributed by atoms with Crippen LogP contribution >= 0.6 is 0 Å². The first-order chi connectivity index (χ1) is 7.84. The van der Waals surface area contributed by atoms with Crippen LogP contribution in [0.15, 0.2) is 66.7 Å². The van der Waals surface area contributed by atoms with Crippen molar-refractivity contribution < 1.29 is 10.0 Å². The number of para-hydroxylation sites is 1. The minimum absolute atomic E-state index is 0.343. The molecule has 1 amide bonds. The van der Waals surface area contributed by atoms with Crippen LogP contribution in [0.4, 0.5) is 5.69 Å². The van der Waals surface area contributed by atoms with Crippen molar-refractivity contribution in [1.82, 2.24) is 0 Å². The lowest BCUT2D eigenvalue weighted by molar-refractivity contribution is -0.111. The van der Waals surface area contributed by atoms with E-state index in [2.05, 4.69) is 0 Å². The van der Waals surface area contributed by atoms with E-state index in [-0.39, 0.29) is 0 Å². The zero-order chi connectivity index (χ0) is 11.6. The quantitative estimate of drug-likeness (QED) is 0.475. The van der Waals surface area contributed by atoms with Gasteiger partial charge in [-0.15, -0.1) is 0 Å². The molecule has 0 spiro atoms. The van der Waals surface area contributed by atoms with E-state index in [0.717, 1.165) is 0 Å². The number of amides is 1. The van der Waals surface area contributed by atoms with Gasteiger partial charge in [0.1, 0.15) is 0 Å². The highest BCUT2D eigenvalue weighted by Gasteiger charge is 1.95. The Balaban J connectivity index is 0.000000181. The van der Waals surface area contributed by atoms with E-state index in [4.69, 9.17) is 5.21 Å². The van der Waals surface area contributed by atoms with Gasteiger partial charge in [-0.05, 0) is 12.1 Å². The normalized spacial score (nSPS) is 8.56. The van der Waals surface area contributed by atoms with Crippen molar-refractivity contribution in [2.24, 2.45) is 0 Å². The van der Waals surface area contributed by atoms with Crippen molar-refractivity contribution >= 4 is 12.1 Å². The Morgan fingerprint density at radius 3 is 1.56 bits per heavy atom. The van der Waals surface area contributed by atoms with Crippen molar-refractivity contribution in [3.05, 3.63) is 66.7 Å². The summed E-state index contributed by atoms with van der Waals surface area (Å²) in [4.78, 5) is 9.98. The Morgan fingerprint density at radius 2 is 1.19 bits per heavy atom. The number of rotatable bonds is 2. The molecular weight excluding hydrogens is 202 g/mol. The summed E-state index contributed by atoms with van der Waals surface area (Å²) in [5, 5.41) is 9.32. The first-order valence-electron chi connectivity index (χ1n) is 4.83. The predicted molar refractivity (Wildman–Crippen MR) is 63.2 cm³/mol. The number of nitrogens with zero attached hydrogens (tertiary/aromatic N) is 1. The Bertz CT molecular complexity index is 362. The van der Waals surface area contributed by atoms with Crippen LogP contribution in [0.2, 0.25) is 0 Å². The molecule has 16 heavy (non-hydrogen) atoms. The van der Waals surface area contributed by atoms with E-state index >= 15 is 0 Å². The summed E-state index contributed by atoms with van der Waals surface area (Å²) in [5.41, 5.74) is 0.470. The number of hydrogen-bond donors (Lipinski definition) is 1. The molecular formula is C13H13NO2. The summed E-state index contributed by atoms with van der Waals surface area (Å²) in [7, 11) is 0. The number of hydrogen-bond acceptors (Lipinski definition) is 2. The maximum atomic E-state index is 9.98. The lowest BCUT2D eigenvalue weighted by Gasteiger charge is -2.05. The molecule has 0 aliphatic rings. The average Bonchev–Trinajstić information content (AvgIpc) is 2.41. The lowest BCUT2D eigenvalue weighted by atomic mass is 10.3. The van der Waals surface area contributed by atoms with E-state index in [0.29, 0.717) is 17.2 Å². The second kappa shape index (κ2) is 7.20. The Kier molecular flexibility index (Phi) is 5.37. The van der Waals surface area contributed by atoms with Crippen molar-refractivity contribution in [2.45, 2.75) is 0 Å². The van der Waals surface area contributed by atoms with Gasteiger partial charge in [0.15, 0.2) is 0 Å². The van der Waals surface area contributed by atoms with E-state index in [1.165, 1.54) is 0 Å². The van der Waals surface area contributed by atoms with Gasteiger partial charge in [0.25, 0.3) is 0 Å². The second-order valence-corrected chi connectivity index (χ2v) is 2.94. The maximum Gasteiger partial charge on any atom is 0.237 e. The highest BCUT2D eigenvalue weighted by atomic mass is 16.5. The fraction of sp³-hybridized carbons (Fsp3) is 0. The molecule has 3 nitrogen and oxygen atoms in total. The summed E-state index contributed by atoms with van der Waals surface area (Å²) >= 11 is 0. The number of anilines is 1. The van der Waals surface area contributed by atoms with Crippen LogP contribution < -0.4 is 5.06 Å². The van der Waals surface area contributed by atoms with Crippen LogP contribution in [0.25, 0.3) is 0 Å². The first-order valence-corrected chi connectivity index (χ1v) is 4.83. The summed E-state index contributed by atoms with van der Waals surface area (Å²) in [6, 6.07) is 20.6. The molecule has 0 radical (unpaired) electrons. The van der Waals surface area contributed by atoms with Crippen LogP contribution in [-0.4, -0.2) is 11.6 Å². The van der Waals surface area contributed by atoms with Gasteiger partial charge >= 0.3 is 0 Å². The average molecular weight is 215 g/mol. The molecule has 0 fully saturated rings. The van der Waals surface area contributed by atoms with Crippen molar-refractivity contribution in [3.8, 4) is 0 Å². The molecule has 82 valence electrons. The molecule has 0 saturated heterocycles. The fourth-order valence-corrected chi connectivity index (χ4v) is 1.03. The monoisotopic (exact) mass is 215 g/mol. The molecule has 0 unspecified atom stereocenters. The summed E-state index contributed by atoms with van der Waals surface area (Å²) in [6.45, 7) is 0. The molecule has 1 N–H and O–H groups in total. The van der Waals surface area contributed by atoms with Gasteiger partial charge < -0.3 is 0 Å². The zero-order valence-electron chi connectivity index (χ0n) is 8.73. The van der Waals surface area contributed by atoms with Crippen LogP contribution in [0.5, 0.6) is 0 Å². The van der Waals surface area contributed by atoms with Crippen LogP contribution in [-0.2, 0) is 4.79 Å². The first kappa shape index (κ1) is 11.9. The Morgan fingerprint density at radius 1 is 0.812 bits per heavy atom. The molecule has 0 saturated carbocycles. The largest absolute Gasteiger partial charge is 0.281 e. The molecule has 0 aliphatic carbocycles. The van der Waals surface area contributed by atoms with Crippen LogP contribution in [0, 0.1) is 0 Å². The van der Waals surface area contributed by atoms with Gasteiger partial charge in [-0.1, -0.05) is 54.6 Å². The summed E-state index contributed by atoms with van der Waals surface area (Å²) in [6.07, 6.45) is 0.343. The molecule has 0 heterocycles. The number of carbonyl (C=O) groups excluding carboxylic acids is 1. The molecule has 0 atom stereocenters. The highest BCUT2D eigenvalue weighted by Crippen LogP contribution is 2.07. The number of carbonyl (C=O) groups is 1. The van der Waals surface area contributed by atoms with Gasteiger partial charge in [0.2, 0.25) is 6.41 Å². The standard InChI is InChI=1S/C7H7NO2.C6H6/c9-6-8(10)7-4-2-1-3-5-7;1-2-4-6-5-3-1/h1-6,10H;1-6H. The lowest BCUT2D eigenvalue weighted by Crippen LogP contribution is -2.14. The molecule has 0 aromatic heterocycles. The topological polar surface area (TPSA) is 40.5 Å². The van der Waals surface area contributed by atoms with Gasteiger partial charge in [-0.3, -0.25) is 10.0 Å². The SMILES string of the molecule is O=CN(O)c1ccccc1.c1ccccc1. The highest BCUT2D eigenvalue weighted by molar-refractivity contribution is 5.71. The van der Waals surface area contributed by atoms with Crippen LogP contribution in [0.3, 0.4) is 0 Å². The van der Waals surface area contributed by atoms with Crippen molar-refractivity contribution in [3.63, 3.8) is 0 Å². The third-order valence-electron chi connectivity index (χ3n) is 1.79. The number of benzene rings is 2. The number of hydroxylamine groups is 1. The van der Waals surface area contributed by atoms with Crippen molar-refractivity contribution in [2.75, 3.05) is 5.06 Å².